The number of nitrogens with one attached hydrogen (secondary N) is 2. The molecule has 0 saturated heterocycles. The number of pyridine rings is 1. The Morgan fingerprint density at radius 1 is 1.21 bits per heavy atom. The second-order valence-electron chi connectivity index (χ2n) is 3.68. The van der Waals surface area contributed by atoms with Crippen LogP contribution in [0.15, 0.2) is 34.9 Å². The summed E-state index contributed by atoms with van der Waals surface area (Å²) >= 11 is 5.84. The Hall–Kier alpha value is -2.34. The molecule has 0 fully saturated rings. The van der Waals surface area contributed by atoms with Gasteiger partial charge in [0.2, 0.25) is 0 Å². The molecule has 2 amide bonds. The number of hydrazine groups is 1. The Bertz CT molecular complexity index is 611. The number of nitrogens with zero attached hydrogens (tertiary/aromatic N) is 1. The molecular weight excluding hydrogens is 270 g/mol. The molecule has 0 saturated carbocycles. The van der Waals surface area contributed by atoms with Gasteiger partial charge in [-0.05, 0) is 31.2 Å². The topological polar surface area (TPSA) is 84.2 Å². The van der Waals surface area contributed by atoms with E-state index >= 15 is 0 Å². The van der Waals surface area contributed by atoms with E-state index in [0.717, 1.165) is 0 Å². The summed E-state index contributed by atoms with van der Waals surface area (Å²) in [7, 11) is 0. The van der Waals surface area contributed by atoms with E-state index < -0.39 is 11.8 Å². The summed E-state index contributed by atoms with van der Waals surface area (Å²) in [5.74, 6) is -1.03. The first-order valence-electron chi connectivity index (χ1n) is 5.35. The number of aromatic nitrogens is 1. The van der Waals surface area contributed by atoms with Gasteiger partial charge in [-0.25, -0.2) is 4.98 Å². The van der Waals surface area contributed by atoms with Crippen molar-refractivity contribution in [3.05, 3.63) is 52.7 Å². The minimum Gasteiger partial charge on any atom is -0.459 e. The van der Waals surface area contributed by atoms with E-state index in [1.807, 2.05) is 0 Å². The standard InChI is InChI=1S/C12H10ClN3O3/c1-7-4-5-8(10(13)14-7)11(17)15-16-12(18)9-3-2-6-19-9/h2-6H,1H3,(H,15,17)(H,16,18). The fraction of sp³-hybridized carbons (Fsp3) is 0.0833. The minimum absolute atomic E-state index is 0.0738. The Balaban J connectivity index is 2.00. The van der Waals surface area contributed by atoms with Crippen molar-refractivity contribution in [3.8, 4) is 0 Å². The smallest absolute Gasteiger partial charge is 0.305 e. The molecule has 2 aromatic heterocycles. The maximum atomic E-state index is 11.8. The molecule has 7 heteroatoms. The van der Waals surface area contributed by atoms with Crippen LogP contribution in [0.4, 0.5) is 0 Å². The van der Waals surface area contributed by atoms with Crippen molar-refractivity contribution >= 4 is 23.4 Å². The van der Waals surface area contributed by atoms with Crippen molar-refractivity contribution < 1.29 is 14.0 Å². The average molecular weight is 280 g/mol. The number of aryl methyl sites for hydroxylation is 1. The quantitative estimate of drug-likeness (QED) is 0.647. The molecule has 0 atom stereocenters. The number of carbonyl (C=O) groups is 2. The van der Waals surface area contributed by atoms with Crippen LogP contribution in [0.3, 0.4) is 0 Å². The number of rotatable bonds is 2. The molecule has 0 aliphatic rings. The molecule has 0 aliphatic carbocycles. The lowest BCUT2D eigenvalue weighted by molar-refractivity contribution is 0.0830. The first-order chi connectivity index (χ1) is 9.08. The van der Waals surface area contributed by atoms with Crippen LogP contribution < -0.4 is 10.9 Å². The lowest BCUT2D eigenvalue weighted by Gasteiger charge is -2.07. The molecule has 19 heavy (non-hydrogen) atoms. The number of halogens is 1. The van der Waals surface area contributed by atoms with Crippen molar-refractivity contribution in [2.45, 2.75) is 6.92 Å². The Kier molecular flexibility index (Phi) is 3.82. The zero-order valence-corrected chi connectivity index (χ0v) is 10.7. The van der Waals surface area contributed by atoms with E-state index in [9.17, 15) is 9.59 Å². The third-order valence-electron chi connectivity index (χ3n) is 2.27. The fourth-order valence-corrected chi connectivity index (χ4v) is 1.63. The molecule has 0 spiro atoms. The third kappa shape index (κ3) is 3.11. The molecule has 0 unspecified atom stereocenters. The molecule has 6 nitrogen and oxygen atoms in total. The molecular formula is C12H10ClN3O3. The lowest BCUT2D eigenvalue weighted by atomic mass is 10.2. The van der Waals surface area contributed by atoms with Gasteiger partial charge in [0.1, 0.15) is 5.15 Å². The first-order valence-corrected chi connectivity index (χ1v) is 5.73. The second kappa shape index (κ2) is 5.53. The van der Waals surface area contributed by atoms with Crippen molar-refractivity contribution in [1.29, 1.82) is 0 Å². The summed E-state index contributed by atoms with van der Waals surface area (Å²) in [6.45, 7) is 1.76. The predicted octanol–water partition coefficient (Wildman–Crippen LogP) is 1.71. The van der Waals surface area contributed by atoms with Crippen LogP contribution in [-0.4, -0.2) is 16.8 Å². The highest BCUT2D eigenvalue weighted by atomic mass is 35.5. The van der Waals surface area contributed by atoms with E-state index in [2.05, 4.69) is 15.8 Å². The van der Waals surface area contributed by atoms with E-state index in [1.165, 1.54) is 18.4 Å². The van der Waals surface area contributed by atoms with Crippen molar-refractivity contribution in [3.63, 3.8) is 0 Å². The summed E-state index contributed by atoms with van der Waals surface area (Å²) in [6.07, 6.45) is 1.36. The first kappa shape index (κ1) is 13.1. The maximum absolute atomic E-state index is 11.8. The van der Waals surface area contributed by atoms with Gasteiger partial charge in [0.25, 0.3) is 5.91 Å². The summed E-state index contributed by atoms with van der Waals surface area (Å²) in [6, 6.07) is 6.22. The highest BCUT2D eigenvalue weighted by molar-refractivity contribution is 6.32. The van der Waals surface area contributed by atoms with Crippen molar-refractivity contribution in [1.82, 2.24) is 15.8 Å². The number of hydrogen-bond acceptors (Lipinski definition) is 4. The van der Waals surface area contributed by atoms with Gasteiger partial charge in [0, 0.05) is 5.69 Å². The average Bonchev–Trinajstić information content (AvgIpc) is 2.89. The van der Waals surface area contributed by atoms with E-state index in [1.54, 1.807) is 19.1 Å². The molecule has 98 valence electrons. The molecule has 2 N–H and O–H groups in total. The van der Waals surface area contributed by atoms with Gasteiger partial charge in [0.15, 0.2) is 5.76 Å². The fourth-order valence-electron chi connectivity index (χ4n) is 1.34. The number of furan rings is 1. The summed E-state index contributed by atoms with van der Waals surface area (Å²) < 4.78 is 4.87. The van der Waals surface area contributed by atoms with Gasteiger partial charge in [-0.3, -0.25) is 20.4 Å². The van der Waals surface area contributed by atoms with E-state index in [-0.39, 0.29) is 16.5 Å². The third-order valence-corrected chi connectivity index (χ3v) is 2.56. The molecule has 2 rings (SSSR count). The van der Waals surface area contributed by atoms with Crippen molar-refractivity contribution in [2.24, 2.45) is 0 Å². The van der Waals surface area contributed by atoms with E-state index in [4.69, 9.17) is 16.0 Å². The summed E-state index contributed by atoms with van der Waals surface area (Å²) in [5.41, 5.74) is 5.30. The van der Waals surface area contributed by atoms with Gasteiger partial charge < -0.3 is 4.42 Å². The Morgan fingerprint density at radius 3 is 2.58 bits per heavy atom. The number of hydrogen-bond donors (Lipinski definition) is 2. The van der Waals surface area contributed by atoms with E-state index in [0.29, 0.717) is 5.69 Å². The monoisotopic (exact) mass is 279 g/mol. The highest BCUT2D eigenvalue weighted by Gasteiger charge is 2.14. The normalized spacial score (nSPS) is 10.0. The largest absolute Gasteiger partial charge is 0.459 e. The molecule has 0 aromatic carbocycles. The molecule has 0 bridgehead atoms. The predicted molar refractivity (Wildman–Crippen MR) is 67.6 cm³/mol. The van der Waals surface area contributed by atoms with Gasteiger partial charge in [-0.2, -0.15) is 0 Å². The van der Waals surface area contributed by atoms with Crippen molar-refractivity contribution in [2.75, 3.05) is 0 Å². The molecule has 0 aliphatic heterocycles. The Morgan fingerprint density at radius 2 is 1.95 bits per heavy atom. The van der Waals surface area contributed by atoms with Gasteiger partial charge in [-0.1, -0.05) is 11.6 Å². The molecule has 2 aromatic rings. The van der Waals surface area contributed by atoms with Crippen LogP contribution >= 0.6 is 11.6 Å². The van der Waals surface area contributed by atoms with Gasteiger partial charge in [0.05, 0.1) is 11.8 Å². The van der Waals surface area contributed by atoms with Crippen LogP contribution in [0.25, 0.3) is 0 Å². The molecule has 0 radical (unpaired) electrons. The molecule has 2 heterocycles. The zero-order valence-electron chi connectivity index (χ0n) is 9.94. The maximum Gasteiger partial charge on any atom is 0.305 e. The van der Waals surface area contributed by atoms with Gasteiger partial charge in [-0.15, -0.1) is 0 Å². The van der Waals surface area contributed by atoms with Crippen LogP contribution in [0, 0.1) is 6.92 Å². The van der Waals surface area contributed by atoms with Crippen LogP contribution in [0.2, 0.25) is 5.15 Å². The van der Waals surface area contributed by atoms with Crippen LogP contribution in [0.1, 0.15) is 26.6 Å². The lowest BCUT2D eigenvalue weighted by Crippen LogP contribution is -2.41. The summed E-state index contributed by atoms with van der Waals surface area (Å²) in [5, 5.41) is 0.0738. The summed E-state index contributed by atoms with van der Waals surface area (Å²) in [4.78, 5) is 27.2. The number of carbonyl (C=O) groups excluding carboxylic acids is 2. The zero-order chi connectivity index (χ0) is 13.8. The Labute approximate surface area is 113 Å². The van der Waals surface area contributed by atoms with Crippen LogP contribution in [-0.2, 0) is 0 Å². The second-order valence-corrected chi connectivity index (χ2v) is 4.03. The number of amides is 2. The SMILES string of the molecule is Cc1ccc(C(=O)NNC(=O)c2ccco2)c(Cl)n1. The minimum atomic E-state index is -0.561. The highest BCUT2D eigenvalue weighted by Crippen LogP contribution is 2.13. The van der Waals surface area contributed by atoms with Gasteiger partial charge >= 0.3 is 5.91 Å². The van der Waals surface area contributed by atoms with Crippen LogP contribution in [0.5, 0.6) is 0 Å².